The number of halogens is 1. The lowest BCUT2D eigenvalue weighted by Crippen LogP contribution is -2.15. The average Bonchev–Trinajstić information content (AvgIpc) is 3.28. The highest BCUT2D eigenvalue weighted by Gasteiger charge is 2.19. The van der Waals surface area contributed by atoms with Crippen LogP contribution in [0.15, 0.2) is 53.0 Å². The zero-order valence-corrected chi connectivity index (χ0v) is 12.9. The predicted molar refractivity (Wildman–Crippen MR) is 84.8 cm³/mol. The fourth-order valence-electron chi connectivity index (χ4n) is 2.05. The predicted octanol–water partition coefficient (Wildman–Crippen LogP) is 4.28. The van der Waals surface area contributed by atoms with Gasteiger partial charge in [-0.15, -0.1) is 0 Å². The van der Waals surface area contributed by atoms with Gasteiger partial charge in [0.25, 0.3) is 0 Å². The summed E-state index contributed by atoms with van der Waals surface area (Å²) in [7, 11) is 0. The molecule has 3 heteroatoms. The molecule has 1 N–H and O–H groups in total. The molecule has 104 valence electrons. The van der Waals surface area contributed by atoms with Gasteiger partial charge in [0.1, 0.15) is 12.4 Å². The Bertz CT molecular complexity index is 563. The van der Waals surface area contributed by atoms with Gasteiger partial charge in [-0.1, -0.05) is 40.2 Å². The standard InChI is InChI=1S/C17H18BrNO/c18-15-3-1-2-14(10-15)12-20-17-8-4-13(5-9-17)11-19-16-6-7-16/h1-5,8-10,16,19H,6-7,11-12H2. The first-order valence-corrected chi connectivity index (χ1v) is 7.78. The highest BCUT2D eigenvalue weighted by molar-refractivity contribution is 9.10. The van der Waals surface area contributed by atoms with E-state index in [1.165, 1.54) is 24.0 Å². The van der Waals surface area contributed by atoms with Crippen LogP contribution in [0.4, 0.5) is 0 Å². The maximum atomic E-state index is 5.80. The molecular weight excluding hydrogens is 314 g/mol. The molecule has 0 bridgehead atoms. The van der Waals surface area contributed by atoms with Gasteiger partial charge in [0.05, 0.1) is 0 Å². The molecule has 1 saturated carbocycles. The summed E-state index contributed by atoms with van der Waals surface area (Å²) in [6.45, 7) is 1.55. The Morgan fingerprint density at radius 3 is 2.55 bits per heavy atom. The van der Waals surface area contributed by atoms with E-state index in [1.54, 1.807) is 0 Å². The third kappa shape index (κ3) is 4.09. The fraction of sp³-hybridized carbons (Fsp3) is 0.294. The van der Waals surface area contributed by atoms with E-state index in [-0.39, 0.29) is 0 Å². The summed E-state index contributed by atoms with van der Waals surface area (Å²) in [6.07, 6.45) is 2.65. The lowest BCUT2D eigenvalue weighted by Gasteiger charge is -2.08. The minimum Gasteiger partial charge on any atom is -0.489 e. The minimum atomic E-state index is 0.596. The number of hydrogen-bond acceptors (Lipinski definition) is 2. The van der Waals surface area contributed by atoms with Gasteiger partial charge in [-0.2, -0.15) is 0 Å². The van der Waals surface area contributed by atoms with Crippen molar-refractivity contribution in [2.24, 2.45) is 0 Å². The maximum absolute atomic E-state index is 5.80. The van der Waals surface area contributed by atoms with Gasteiger partial charge in [0.2, 0.25) is 0 Å². The molecule has 3 rings (SSSR count). The monoisotopic (exact) mass is 331 g/mol. The zero-order valence-electron chi connectivity index (χ0n) is 11.3. The number of rotatable bonds is 6. The van der Waals surface area contributed by atoms with Crippen molar-refractivity contribution in [2.45, 2.75) is 32.0 Å². The van der Waals surface area contributed by atoms with Crippen LogP contribution >= 0.6 is 15.9 Å². The third-order valence-electron chi connectivity index (χ3n) is 3.39. The molecule has 1 aliphatic carbocycles. The Morgan fingerprint density at radius 1 is 1.05 bits per heavy atom. The number of nitrogens with one attached hydrogen (secondary N) is 1. The molecule has 0 aliphatic heterocycles. The first-order valence-electron chi connectivity index (χ1n) is 6.99. The van der Waals surface area contributed by atoms with Crippen LogP contribution in [-0.2, 0) is 13.2 Å². The van der Waals surface area contributed by atoms with Crippen molar-refractivity contribution in [3.05, 3.63) is 64.1 Å². The van der Waals surface area contributed by atoms with Crippen LogP contribution in [0.1, 0.15) is 24.0 Å². The molecule has 0 saturated heterocycles. The van der Waals surface area contributed by atoms with Gasteiger partial charge < -0.3 is 10.1 Å². The second-order valence-electron chi connectivity index (χ2n) is 5.22. The minimum absolute atomic E-state index is 0.596. The van der Waals surface area contributed by atoms with Crippen molar-refractivity contribution in [1.29, 1.82) is 0 Å². The molecule has 0 atom stereocenters. The van der Waals surface area contributed by atoms with E-state index < -0.39 is 0 Å². The van der Waals surface area contributed by atoms with E-state index in [2.05, 4.69) is 45.5 Å². The summed E-state index contributed by atoms with van der Waals surface area (Å²) in [6, 6.07) is 17.3. The van der Waals surface area contributed by atoms with Crippen molar-refractivity contribution in [2.75, 3.05) is 0 Å². The van der Waals surface area contributed by atoms with Crippen molar-refractivity contribution in [3.8, 4) is 5.75 Å². The van der Waals surface area contributed by atoms with Crippen LogP contribution in [0.2, 0.25) is 0 Å². The molecule has 0 amide bonds. The third-order valence-corrected chi connectivity index (χ3v) is 3.88. The topological polar surface area (TPSA) is 21.3 Å². The quantitative estimate of drug-likeness (QED) is 0.852. The lowest BCUT2D eigenvalue weighted by molar-refractivity contribution is 0.306. The van der Waals surface area contributed by atoms with Gasteiger partial charge in [-0.25, -0.2) is 0 Å². The molecule has 0 aromatic heterocycles. The van der Waals surface area contributed by atoms with E-state index >= 15 is 0 Å². The Morgan fingerprint density at radius 2 is 1.85 bits per heavy atom. The van der Waals surface area contributed by atoms with E-state index in [4.69, 9.17) is 4.74 Å². The van der Waals surface area contributed by atoms with E-state index in [0.29, 0.717) is 6.61 Å². The average molecular weight is 332 g/mol. The fourth-order valence-corrected chi connectivity index (χ4v) is 2.49. The van der Waals surface area contributed by atoms with Crippen LogP contribution in [0.25, 0.3) is 0 Å². The molecule has 1 fully saturated rings. The molecule has 0 spiro atoms. The Hall–Kier alpha value is -1.32. The summed E-state index contributed by atoms with van der Waals surface area (Å²) < 4.78 is 6.88. The summed E-state index contributed by atoms with van der Waals surface area (Å²) in [5, 5.41) is 3.51. The van der Waals surface area contributed by atoms with Crippen molar-refractivity contribution in [1.82, 2.24) is 5.32 Å². The Labute approximate surface area is 128 Å². The van der Waals surface area contributed by atoms with Gasteiger partial charge in [-0.3, -0.25) is 0 Å². The summed E-state index contributed by atoms with van der Waals surface area (Å²) >= 11 is 3.47. The summed E-state index contributed by atoms with van der Waals surface area (Å²) in [5.74, 6) is 0.917. The second-order valence-corrected chi connectivity index (χ2v) is 6.13. The van der Waals surface area contributed by atoms with Crippen LogP contribution in [-0.4, -0.2) is 6.04 Å². The molecule has 0 heterocycles. The van der Waals surface area contributed by atoms with E-state index in [1.807, 2.05) is 24.3 Å². The van der Waals surface area contributed by atoms with E-state index in [0.717, 1.165) is 22.8 Å². The Balaban J connectivity index is 1.52. The van der Waals surface area contributed by atoms with Gasteiger partial charge in [0.15, 0.2) is 0 Å². The largest absolute Gasteiger partial charge is 0.489 e. The lowest BCUT2D eigenvalue weighted by atomic mass is 10.2. The molecule has 2 aromatic carbocycles. The van der Waals surface area contributed by atoms with Crippen molar-refractivity contribution >= 4 is 15.9 Å². The van der Waals surface area contributed by atoms with Crippen LogP contribution in [0, 0.1) is 0 Å². The van der Waals surface area contributed by atoms with Gasteiger partial charge >= 0.3 is 0 Å². The second kappa shape index (κ2) is 6.42. The Kier molecular flexibility index (Phi) is 4.38. The van der Waals surface area contributed by atoms with Crippen LogP contribution < -0.4 is 10.1 Å². The van der Waals surface area contributed by atoms with Crippen LogP contribution in [0.3, 0.4) is 0 Å². The summed E-state index contributed by atoms with van der Waals surface area (Å²) in [4.78, 5) is 0. The molecular formula is C17H18BrNO. The normalized spacial score (nSPS) is 14.2. The number of ether oxygens (including phenoxy) is 1. The smallest absolute Gasteiger partial charge is 0.119 e. The first kappa shape index (κ1) is 13.7. The first-order chi connectivity index (χ1) is 9.79. The van der Waals surface area contributed by atoms with Gasteiger partial charge in [-0.05, 0) is 48.2 Å². The number of hydrogen-bond donors (Lipinski definition) is 1. The number of benzene rings is 2. The summed E-state index contributed by atoms with van der Waals surface area (Å²) in [5.41, 5.74) is 2.48. The molecule has 2 aromatic rings. The SMILES string of the molecule is Brc1cccc(COc2ccc(CNC3CC3)cc2)c1. The molecule has 0 radical (unpaired) electrons. The molecule has 0 unspecified atom stereocenters. The molecule has 2 nitrogen and oxygen atoms in total. The van der Waals surface area contributed by atoms with Crippen LogP contribution in [0.5, 0.6) is 5.75 Å². The van der Waals surface area contributed by atoms with Crippen molar-refractivity contribution in [3.63, 3.8) is 0 Å². The van der Waals surface area contributed by atoms with Crippen molar-refractivity contribution < 1.29 is 4.74 Å². The maximum Gasteiger partial charge on any atom is 0.119 e. The highest BCUT2D eigenvalue weighted by atomic mass is 79.9. The van der Waals surface area contributed by atoms with Gasteiger partial charge in [0, 0.05) is 17.1 Å². The highest BCUT2D eigenvalue weighted by Crippen LogP contribution is 2.20. The molecule has 1 aliphatic rings. The zero-order chi connectivity index (χ0) is 13.8. The molecule has 20 heavy (non-hydrogen) atoms. The van der Waals surface area contributed by atoms with E-state index in [9.17, 15) is 0 Å².